The molecule has 131 heavy (non-hydrogen) atoms. The molecule has 0 unspecified atom stereocenters. The SMILES string of the molecule is C=C(C)C(=O)OCCCC(=O)CCCCN(C)C.C=C(C)C(=O)OCCCC(=O)CCCCN1CCOCC1.C=C(C)C(=O)OCCCC(=O)Cc1ccc(N(C)C)cc1.C=C(C)C(=O)OCCCC(=O)OCCN(C)C.C=C(C)C(=O)OCCCC(=O)OCCN1CCCCC1.C=C(C)C(=O)OCCCC(=O)OCCOCCN(C)C.C=C(C)C(=O)OCCN1CCOCC1. The molecule has 0 amide bonds. The second kappa shape index (κ2) is 82.5. The largest absolute Gasteiger partial charge is 0.464 e. The summed E-state index contributed by atoms with van der Waals surface area (Å²) in [6.07, 6.45) is 14.7. The first kappa shape index (κ1) is 126. The number of carbonyl (C=O) groups is 13. The molecule has 0 aliphatic carbocycles. The summed E-state index contributed by atoms with van der Waals surface area (Å²) in [7, 11) is 15.7. The predicted molar refractivity (Wildman–Crippen MR) is 507 cm³/mol. The fourth-order valence-electron chi connectivity index (χ4n) is 10.7. The fraction of sp³-hybridized carbons (Fsp3) is 0.663. The molecule has 0 saturated carbocycles. The van der Waals surface area contributed by atoms with Crippen molar-refractivity contribution in [3.05, 3.63) is 115 Å². The van der Waals surface area contributed by atoms with E-state index in [4.69, 9.17) is 61.6 Å². The third-order valence-electron chi connectivity index (χ3n) is 18.5. The van der Waals surface area contributed by atoms with Crippen LogP contribution in [0.15, 0.2) is 109 Å². The van der Waals surface area contributed by atoms with Crippen LogP contribution in [-0.4, -0.2) is 347 Å². The number of morpholine rings is 2. The number of benzene rings is 1. The molecule has 0 atom stereocenters. The lowest BCUT2D eigenvalue weighted by atomic mass is 10.1. The number of ketones is 3. The highest BCUT2D eigenvalue weighted by atomic mass is 16.6. The Hall–Kier alpha value is -9.45. The quantitative estimate of drug-likeness (QED) is 0.0253. The number of hydrogen-bond acceptors (Lipinski definition) is 33. The third-order valence-corrected chi connectivity index (χ3v) is 18.5. The molecular formula is C98H163N7O26. The van der Waals surface area contributed by atoms with Gasteiger partial charge in [0.15, 0.2) is 0 Å². The molecule has 3 fully saturated rings. The average molecular weight is 1860 g/mol. The number of nitrogens with zero attached hydrogens (tertiary/aromatic N) is 7. The van der Waals surface area contributed by atoms with E-state index in [0.29, 0.717) is 169 Å². The van der Waals surface area contributed by atoms with Crippen LogP contribution in [0.1, 0.15) is 189 Å². The van der Waals surface area contributed by atoms with Crippen molar-refractivity contribution in [2.75, 3.05) is 246 Å². The Labute approximate surface area is 782 Å². The minimum Gasteiger partial charge on any atom is -0.464 e. The second-order valence-corrected chi connectivity index (χ2v) is 32.8. The minimum atomic E-state index is -0.437. The molecular weight excluding hydrogens is 1690 g/mol. The Bertz CT molecular complexity index is 3520. The lowest BCUT2D eigenvalue weighted by Crippen LogP contribution is -2.38. The molecule has 0 N–H and O–H groups in total. The van der Waals surface area contributed by atoms with E-state index < -0.39 is 23.9 Å². The summed E-state index contributed by atoms with van der Waals surface area (Å²) in [5, 5.41) is 0. The molecule has 0 bridgehead atoms. The molecule has 3 aliphatic heterocycles. The van der Waals surface area contributed by atoms with E-state index in [2.05, 4.69) is 65.7 Å². The number of hydrogen-bond donors (Lipinski definition) is 0. The zero-order chi connectivity index (χ0) is 99.1. The van der Waals surface area contributed by atoms with Crippen LogP contribution in [0.2, 0.25) is 0 Å². The molecule has 3 saturated heterocycles. The number of piperidine rings is 1. The standard InChI is InChI=1S/C17H23NO3.C16H27NO4.C15H25NO4.C14H25NO5.C14H25NO3.C12H21NO4.C10H17NO3/c1-13(2)17(20)21-11-5-6-16(19)12-14-7-9-15(10-8-14)18(3)4;1-14(2)16(19)21-11-5-7-15(18)6-3-4-8-17-9-12-20-13-10-17;1-13(2)15(18)20-11-6-7-14(17)19-12-10-16-8-4-3-5-9-16;1-12(2)14(17)20-8-5-6-13(16)19-11-10-18-9-7-15(3)4;1-12(2)14(17)18-11-7-9-13(16)8-5-6-10-15(3)4;1-10(2)12(15)17-8-5-6-11(14)16-9-7-13(3)4;1-9(2)10(12)14-8-5-11-3-6-13-7-4-11/h7-10H,1,5-6,11-12H2,2-4H3;1,3-13H2,2H3;1,3-12H2,2H3;1,5-11H2,2-4H3;1,5-11H2,2-4H3;1,5-9H2,2-4H3;1,3-8H2,2H3. The minimum absolute atomic E-state index is 0.152. The van der Waals surface area contributed by atoms with Gasteiger partial charge in [0.1, 0.15) is 43.8 Å². The monoisotopic (exact) mass is 1850 g/mol. The third kappa shape index (κ3) is 82.2. The number of rotatable bonds is 59. The number of ether oxygens (including phenoxy) is 13. The Kier molecular flexibility index (Phi) is 79.1. The van der Waals surface area contributed by atoms with Crippen LogP contribution in [0.3, 0.4) is 0 Å². The number of unbranched alkanes of at least 4 members (excludes halogenated alkanes) is 2. The fourth-order valence-corrected chi connectivity index (χ4v) is 10.7. The van der Waals surface area contributed by atoms with Gasteiger partial charge in [-0.25, -0.2) is 33.6 Å². The van der Waals surface area contributed by atoms with E-state index >= 15 is 0 Å². The summed E-state index contributed by atoms with van der Waals surface area (Å²) in [6.45, 7) is 54.1. The zero-order valence-corrected chi connectivity index (χ0v) is 82.4. The van der Waals surface area contributed by atoms with Crippen molar-refractivity contribution >= 4 is 82.7 Å². The number of anilines is 1. The molecule has 4 rings (SSSR count). The highest BCUT2D eigenvalue weighted by molar-refractivity contribution is 5.90. The average Bonchev–Trinajstić information content (AvgIpc) is 0.886. The van der Waals surface area contributed by atoms with Crippen molar-refractivity contribution in [1.82, 2.24) is 29.4 Å². The first-order chi connectivity index (χ1) is 62.1. The molecule has 0 radical (unpaired) electrons. The molecule has 0 spiro atoms. The van der Waals surface area contributed by atoms with Gasteiger partial charge in [0.25, 0.3) is 0 Å². The molecule has 1 aromatic rings. The Morgan fingerprint density at radius 3 is 0.931 bits per heavy atom. The van der Waals surface area contributed by atoms with Crippen LogP contribution in [0.5, 0.6) is 0 Å². The summed E-state index contributed by atoms with van der Waals surface area (Å²) >= 11 is 0. The molecule has 3 aliphatic rings. The number of Topliss-reactive ketones (excluding diaryl/α,β-unsaturated/α-hetero) is 3. The van der Waals surface area contributed by atoms with E-state index in [-0.39, 0.29) is 105 Å². The number of likely N-dealkylation sites (tertiary alicyclic amines) is 1. The maximum absolute atomic E-state index is 11.8. The Morgan fingerprint density at radius 1 is 0.290 bits per heavy atom. The van der Waals surface area contributed by atoms with Gasteiger partial charge in [0.05, 0.1) is 79.3 Å². The van der Waals surface area contributed by atoms with Crippen LogP contribution < -0.4 is 4.90 Å². The normalized spacial score (nSPS) is 12.7. The topological polar surface area (TPSA) is 365 Å². The lowest BCUT2D eigenvalue weighted by Gasteiger charge is -2.26. The molecule has 3 heterocycles. The predicted octanol–water partition coefficient (Wildman–Crippen LogP) is 11.3. The highest BCUT2D eigenvalue weighted by Gasteiger charge is 2.17. The van der Waals surface area contributed by atoms with Crippen LogP contribution in [0.25, 0.3) is 0 Å². The number of likely N-dealkylation sites (N-methyl/N-ethyl adjacent to an activating group) is 2. The van der Waals surface area contributed by atoms with E-state index in [0.717, 1.165) is 135 Å². The zero-order valence-electron chi connectivity index (χ0n) is 82.4. The second-order valence-electron chi connectivity index (χ2n) is 32.8. The van der Waals surface area contributed by atoms with Crippen LogP contribution in [0, 0.1) is 0 Å². The number of carbonyl (C=O) groups excluding carboxylic acids is 13. The van der Waals surface area contributed by atoms with Gasteiger partial charge in [-0.1, -0.05) is 64.6 Å². The van der Waals surface area contributed by atoms with E-state index in [1.54, 1.807) is 48.5 Å². The summed E-state index contributed by atoms with van der Waals surface area (Å²) in [4.78, 5) is 161. The van der Waals surface area contributed by atoms with Gasteiger partial charge in [-0.3, -0.25) is 43.5 Å². The first-order valence-electron chi connectivity index (χ1n) is 45.5. The lowest BCUT2D eigenvalue weighted by molar-refractivity contribution is -0.147. The summed E-state index contributed by atoms with van der Waals surface area (Å²) in [5.41, 5.74) is 4.81. The highest BCUT2D eigenvalue weighted by Crippen LogP contribution is 2.15. The van der Waals surface area contributed by atoms with Gasteiger partial charge in [-0.15, -0.1) is 0 Å². The van der Waals surface area contributed by atoms with Crippen molar-refractivity contribution in [2.45, 2.75) is 190 Å². The van der Waals surface area contributed by atoms with Gasteiger partial charge in [-0.05, 0) is 212 Å². The van der Waals surface area contributed by atoms with Crippen LogP contribution in [0.4, 0.5) is 5.69 Å². The molecule has 33 nitrogen and oxygen atoms in total. The van der Waals surface area contributed by atoms with Gasteiger partial charge < -0.3 is 81.2 Å². The maximum atomic E-state index is 11.8. The van der Waals surface area contributed by atoms with Crippen molar-refractivity contribution in [3.8, 4) is 0 Å². The number of esters is 10. The van der Waals surface area contributed by atoms with Crippen molar-refractivity contribution in [1.29, 1.82) is 0 Å². The summed E-state index contributed by atoms with van der Waals surface area (Å²) in [5.74, 6) is -2.90. The maximum Gasteiger partial charge on any atom is 0.333 e. The smallest absolute Gasteiger partial charge is 0.333 e. The van der Waals surface area contributed by atoms with E-state index in [1.165, 1.54) is 19.3 Å². The first-order valence-corrected chi connectivity index (χ1v) is 45.5. The van der Waals surface area contributed by atoms with Gasteiger partial charge in [0, 0.05) is 169 Å². The van der Waals surface area contributed by atoms with E-state index in [1.807, 2.05) is 95.3 Å². The van der Waals surface area contributed by atoms with Crippen molar-refractivity contribution in [3.63, 3.8) is 0 Å². The van der Waals surface area contributed by atoms with Crippen molar-refractivity contribution < 1.29 is 124 Å². The van der Waals surface area contributed by atoms with Gasteiger partial charge in [-0.2, -0.15) is 0 Å². The molecule has 33 heteroatoms. The molecule has 746 valence electrons. The van der Waals surface area contributed by atoms with Crippen LogP contribution >= 0.6 is 0 Å². The summed E-state index contributed by atoms with van der Waals surface area (Å²) < 4.78 is 65.3. The van der Waals surface area contributed by atoms with E-state index in [9.17, 15) is 62.3 Å². The van der Waals surface area contributed by atoms with Crippen LogP contribution in [-0.2, 0) is 130 Å². The van der Waals surface area contributed by atoms with Gasteiger partial charge in [0.2, 0.25) is 0 Å². The Morgan fingerprint density at radius 2 is 0.580 bits per heavy atom. The molecule has 1 aromatic carbocycles. The molecule has 0 aromatic heterocycles. The van der Waals surface area contributed by atoms with Gasteiger partial charge >= 0.3 is 59.7 Å². The summed E-state index contributed by atoms with van der Waals surface area (Å²) in [6, 6.07) is 7.93. The van der Waals surface area contributed by atoms with Crippen molar-refractivity contribution in [2.24, 2.45) is 0 Å². The Balaban J connectivity index is -0.00000146.